The third-order valence-electron chi connectivity index (χ3n) is 2.68. The third-order valence-corrected chi connectivity index (χ3v) is 2.68. The fourth-order valence-corrected chi connectivity index (χ4v) is 1.73. The van der Waals surface area contributed by atoms with Crippen LogP contribution in [0.5, 0.6) is 5.75 Å². The molecule has 2 nitrogen and oxygen atoms in total. The Balaban J connectivity index is 2.09. The lowest BCUT2D eigenvalue weighted by molar-refractivity contribution is 0.301. The summed E-state index contributed by atoms with van der Waals surface area (Å²) in [4.78, 5) is 3.99. The Hall–Kier alpha value is -1.83. The van der Waals surface area contributed by atoms with Crippen molar-refractivity contribution >= 4 is 0 Å². The summed E-state index contributed by atoms with van der Waals surface area (Å²) in [6.07, 6.45) is 3.57. The molecule has 2 heteroatoms. The highest BCUT2D eigenvalue weighted by atomic mass is 16.5. The van der Waals surface area contributed by atoms with Crippen molar-refractivity contribution in [1.29, 1.82) is 0 Å². The van der Waals surface area contributed by atoms with Crippen molar-refractivity contribution < 1.29 is 4.74 Å². The second-order valence-corrected chi connectivity index (χ2v) is 4.34. The standard InChI is InChI=1S/C15H17NO/c1-12(2)14-5-3-4-6-15(14)17-11-13-7-9-16-10-8-13/h3-10,12H,11H2,1-2H3. The minimum Gasteiger partial charge on any atom is -0.489 e. The first kappa shape index (κ1) is 11.6. The second kappa shape index (κ2) is 5.48. The summed E-state index contributed by atoms with van der Waals surface area (Å²) in [7, 11) is 0. The topological polar surface area (TPSA) is 22.1 Å². The molecule has 0 bridgehead atoms. The zero-order chi connectivity index (χ0) is 12.1. The molecule has 0 aliphatic heterocycles. The van der Waals surface area contributed by atoms with Crippen LogP contribution in [0, 0.1) is 0 Å². The van der Waals surface area contributed by atoms with E-state index in [-0.39, 0.29) is 0 Å². The number of benzene rings is 1. The van der Waals surface area contributed by atoms with Crippen LogP contribution in [0.3, 0.4) is 0 Å². The van der Waals surface area contributed by atoms with Crippen LogP contribution < -0.4 is 4.74 Å². The molecule has 0 saturated heterocycles. The number of aromatic nitrogens is 1. The lowest BCUT2D eigenvalue weighted by Gasteiger charge is -2.13. The summed E-state index contributed by atoms with van der Waals surface area (Å²) < 4.78 is 5.86. The number of hydrogen-bond donors (Lipinski definition) is 0. The van der Waals surface area contributed by atoms with Crippen LogP contribution in [0.2, 0.25) is 0 Å². The van der Waals surface area contributed by atoms with E-state index in [9.17, 15) is 0 Å². The number of pyridine rings is 1. The van der Waals surface area contributed by atoms with E-state index in [4.69, 9.17) is 4.74 Å². The maximum atomic E-state index is 5.86. The molecule has 0 radical (unpaired) electrons. The van der Waals surface area contributed by atoms with E-state index in [1.54, 1.807) is 12.4 Å². The summed E-state index contributed by atoms with van der Waals surface area (Å²) >= 11 is 0. The first-order chi connectivity index (χ1) is 8.27. The number of para-hydroxylation sites is 1. The van der Waals surface area contributed by atoms with Gasteiger partial charge in [-0.1, -0.05) is 32.0 Å². The molecule has 1 aromatic carbocycles. The SMILES string of the molecule is CC(C)c1ccccc1OCc1ccncc1. The molecule has 2 aromatic rings. The first-order valence-corrected chi connectivity index (χ1v) is 5.88. The van der Waals surface area contributed by atoms with E-state index < -0.39 is 0 Å². The smallest absolute Gasteiger partial charge is 0.123 e. The van der Waals surface area contributed by atoms with Crippen molar-refractivity contribution in [3.63, 3.8) is 0 Å². The van der Waals surface area contributed by atoms with Gasteiger partial charge >= 0.3 is 0 Å². The number of nitrogens with zero attached hydrogens (tertiary/aromatic N) is 1. The van der Waals surface area contributed by atoms with Crippen LogP contribution in [0.1, 0.15) is 30.9 Å². The molecular weight excluding hydrogens is 210 g/mol. The van der Waals surface area contributed by atoms with Gasteiger partial charge in [-0.05, 0) is 35.2 Å². The van der Waals surface area contributed by atoms with E-state index >= 15 is 0 Å². The van der Waals surface area contributed by atoms with Gasteiger partial charge in [0.25, 0.3) is 0 Å². The second-order valence-electron chi connectivity index (χ2n) is 4.34. The van der Waals surface area contributed by atoms with E-state index in [2.05, 4.69) is 31.0 Å². The molecule has 1 heterocycles. The first-order valence-electron chi connectivity index (χ1n) is 5.88. The monoisotopic (exact) mass is 227 g/mol. The summed E-state index contributed by atoms with van der Waals surface area (Å²) in [6, 6.07) is 12.1. The third kappa shape index (κ3) is 3.06. The molecule has 0 atom stereocenters. The largest absolute Gasteiger partial charge is 0.489 e. The Morgan fingerprint density at radius 2 is 1.76 bits per heavy atom. The van der Waals surface area contributed by atoms with E-state index in [1.807, 2.05) is 24.3 Å². The highest BCUT2D eigenvalue weighted by molar-refractivity contribution is 5.35. The number of ether oxygens (including phenoxy) is 1. The quantitative estimate of drug-likeness (QED) is 0.793. The number of hydrogen-bond acceptors (Lipinski definition) is 2. The van der Waals surface area contributed by atoms with Crippen molar-refractivity contribution in [3.8, 4) is 5.75 Å². The van der Waals surface area contributed by atoms with Gasteiger partial charge in [0, 0.05) is 12.4 Å². The summed E-state index contributed by atoms with van der Waals surface area (Å²) in [5.41, 5.74) is 2.39. The fraction of sp³-hybridized carbons (Fsp3) is 0.267. The van der Waals surface area contributed by atoms with Crippen LogP contribution in [0.4, 0.5) is 0 Å². The minimum absolute atomic E-state index is 0.476. The van der Waals surface area contributed by atoms with Crippen LogP contribution >= 0.6 is 0 Å². The van der Waals surface area contributed by atoms with Gasteiger partial charge in [0.1, 0.15) is 12.4 Å². The molecular formula is C15H17NO. The molecule has 2 rings (SSSR count). The number of rotatable bonds is 4. The Morgan fingerprint density at radius 1 is 1.06 bits per heavy atom. The van der Waals surface area contributed by atoms with Gasteiger partial charge < -0.3 is 4.74 Å². The van der Waals surface area contributed by atoms with Crippen LogP contribution in [-0.4, -0.2) is 4.98 Å². The Bertz CT molecular complexity index is 465. The van der Waals surface area contributed by atoms with Crippen molar-refractivity contribution in [1.82, 2.24) is 4.98 Å². The Labute approximate surface area is 102 Å². The molecule has 0 spiro atoms. The summed E-state index contributed by atoms with van der Waals surface area (Å²) in [5, 5.41) is 0. The average molecular weight is 227 g/mol. The molecule has 0 aliphatic rings. The molecule has 0 N–H and O–H groups in total. The maximum absolute atomic E-state index is 5.86. The van der Waals surface area contributed by atoms with Gasteiger partial charge in [-0.2, -0.15) is 0 Å². The van der Waals surface area contributed by atoms with Crippen LogP contribution in [0.15, 0.2) is 48.8 Å². The highest BCUT2D eigenvalue weighted by Crippen LogP contribution is 2.26. The van der Waals surface area contributed by atoms with Crippen molar-refractivity contribution in [3.05, 3.63) is 59.9 Å². The lowest BCUT2D eigenvalue weighted by atomic mass is 10.0. The maximum Gasteiger partial charge on any atom is 0.123 e. The predicted octanol–water partition coefficient (Wildman–Crippen LogP) is 3.78. The van der Waals surface area contributed by atoms with Gasteiger partial charge in [0.2, 0.25) is 0 Å². The predicted molar refractivity (Wildman–Crippen MR) is 69.1 cm³/mol. The van der Waals surface area contributed by atoms with Crippen molar-refractivity contribution in [2.24, 2.45) is 0 Å². The molecule has 0 amide bonds. The van der Waals surface area contributed by atoms with Crippen LogP contribution in [0.25, 0.3) is 0 Å². The zero-order valence-corrected chi connectivity index (χ0v) is 10.3. The molecule has 0 aliphatic carbocycles. The van der Waals surface area contributed by atoms with Crippen molar-refractivity contribution in [2.75, 3.05) is 0 Å². The summed E-state index contributed by atoms with van der Waals surface area (Å²) in [5.74, 6) is 1.45. The van der Waals surface area contributed by atoms with Gasteiger partial charge in [0.05, 0.1) is 0 Å². The average Bonchev–Trinajstić information content (AvgIpc) is 2.38. The molecule has 0 fully saturated rings. The Morgan fingerprint density at radius 3 is 2.47 bits per heavy atom. The summed E-state index contributed by atoms with van der Waals surface area (Å²) in [6.45, 7) is 4.94. The normalized spacial score (nSPS) is 10.5. The molecule has 1 aromatic heterocycles. The molecule has 0 saturated carbocycles. The van der Waals surface area contributed by atoms with Crippen molar-refractivity contribution in [2.45, 2.75) is 26.4 Å². The van der Waals surface area contributed by atoms with Gasteiger partial charge in [-0.25, -0.2) is 0 Å². The highest BCUT2D eigenvalue weighted by Gasteiger charge is 2.06. The van der Waals surface area contributed by atoms with Gasteiger partial charge in [-0.15, -0.1) is 0 Å². The van der Waals surface area contributed by atoms with Crippen LogP contribution in [-0.2, 0) is 6.61 Å². The molecule has 0 unspecified atom stereocenters. The van der Waals surface area contributed by atoms with Gasteiger partial charge in [0.15, 0.2) is 0 Å². The molecule has 88 valence electrons. The zero-order valence-electron chi connectivity index (χ0n) is 10.3. The van der Waals surface area contributed by atoms with E-state index in [0.717, 1.165) is 11.3 Å². The lowest BCUT2D eigenvalue weighted by Crippen LogP contribution is -1.99. The minimum atomic E-state index is 0.476. The fourth-order valence-electron chi connectivity index (χ4n) is 1.73. The van der Waals surface area contributed by atoms with E-state index in [0.29, 0.717) is 12.5 Å². The van der Waals surface area contributed by atoms with Gasteiger partial charge in [-0.3, -0.25) is 4.98 Å². The Kier molecular flexibility index (Phi) is 3.76. The van der Waals surface area contributed by atoms with E-state index in [1.165, 1.54) is 5.56 Å². The molecule has 17 heavy (non-hydrogen) atoms.